The summed E-state index contributed by atoms with van der Waals surface area (Å²) in [4.78, 5) is 12.1. The Labute approximate surface area is 128 Å². The molecular formula is C18H29NO2. The summed E-state index contributed by atoms with van der Waals surface area (Å²) in [5.74, 6) is 2.07. The van der Waals surface area contributed by atoms with Crippen LogP contribution < -0.4 is 5.32 Å². The molecule has 0 heterocycles. The van der Waals surface area contributed by atoms with E-state index in [1.54, 1.807) is 18.3 Å². The molecule has 0 saturated heterocycles. The minimum Gasteiger partial charge on any atom is -0.383 e. The van der Waals surface area contributed by atoms with Gasteiger partial charge in [0.1, 0.15) is 0 Å². The van der Waals surface area contributed by atoms with E-state index in [1.165, 1.54) is 25.7 Å². The molecule has 2 aliphatic rings. The molecule has 0 aromatic rings. The first-order chi connectivity index (χ1) is 10.0. The molecule has 1 saturated carbocycles. The van der Waals surface area contributed by atoms with Gasteiger partial charge in [0.05, 0.1) is 6.61 Å². The minimum atomic E-state index is 0.0403. The van der Waals surface area contributed by atoms with Gasteiger partial charge in [-0.3, -0.25) is 4.79 Å². The quantitative estimate of drug-likeness (QED) is 0.478. The average Bonchev–Trinajstić information content (AvgIpc) is 2.85. The normalized spacial score (nSPS) is 29.5. The van der Waals surface area contributed by atoms with Crippen LogP contribution in [-0.2, 0) is 9.53 Å². The molecular weight excluding hydrogens is 262 g/mol. The molecule has 0 spiro atoms. The van der Waals surface area contributed by atoms with Crippen molar-refractivity contribution in [3.05, 3.63) is 22.8 Å². The van der Waals surface area contributed by atoms with E-state index in [1.807, 2.05) is 6.92 Å². The molecule has 0 radical (unpaired) electrons. The zero-order chi connectivity index (χ0) is 15.4. The summed E-state index contributed by atoms with van der Waals surface area (Å²) in [6.45, 7) is 7.73. The van der Waals surface area contributed by atoms with Crippen LogP contribution in [0, 0.1) is 17.8 Å². The maximum atomic E-state index is 12.1. The largest absolute Gasteiger partial charge is 0.383 e. The number of fused-ring (bicyclic) bond motifs is 1. The standard InChI is InChI=1S/C18H29NO2/c1-12-5-7-15(17-13(2)6-8-16(12)17)11-14(3)18(20)19-9-10-21-4/h11-12,15-16H,5-10H2,1-4H3,(H,19,20)/b14-11+/t12-,15+,16-/m1/s1. The van der Waals surface area contributed by atoms with Crippen molar-refractivity contribution in [3.63, 3.8) is 0 Å². The van der Waals surface area contributed by atoms with Gasteiger partial charge in [0.15, 0.2) is 0 Å². The zero-order valence-corrected chi connectivity index (χ0v) is 13.9. The summed E-state index contributed by atoms with van der Waals surface area (Å²) < 4.78 is 4.96. The Hall–Kier alpha value is -1.09. The van der Waals surface area contributed by atoms with Gasteiger partial charge in [0.2, 0.25) is 5.91 Å². The fourth-order valence-electron chi connectivity index (χ4n) is 3.93. The van der Waals surface area contributed by atoms with Crippen molar-refractivity contribution in [2.45, 2.75) is 46.5 Å². The first-order valence-corrected chi connectivity index (χ1v) is 8.19. The maximum absolute atomic E-state index is 12.1. The molecule has 0 unspecified atom stereocenters. The van der Waals surface area contributed by atoms with Crippen molar-refractivity contribution in [2.24, 2.45) is 17.8 Å². The number of carbonyl (C=O) groups is 1. The summed E-state index contributed by atoms with van der Waals surface area (Å²) in [5, 5.41) is 2.90. The second-order valence-corrected chi connectivity index (χ2v) is 6.64. The third-order valence-corrected chi connectivity index (χ3v) is 5.14. The average molecular weight is 291 g/mol. The summed E-state index contributed by atoms with van der Waals surface area (Å²) >= 11 is 0. The zero-order valence-electron chi connectivity index (χ0n) is 13.9. The van der Waals surface area contributed by atoms with Crippen molar-refractivity contribution in [1.82, 2.24) is 5.32 Å². The van der Waals surface area contributed by atoms with Crippen LogP contribution in [0.15, 0.2) is 22.8 Å². The van der Waals surface area contributed by atoms with Crippen molar-refractivity contribution in [3.8, 4) is 0 Å². The summed E-state index contributed by atoms with van der Waals surface area (Å²) in [6.07, 6.45) is 7.22. The van der Waals surface area contributed by atoms with Gasteiger partial charge in [-0.1, -0.05) is 24.1 Å². The minimum absolute atomic E-state index is 0.0403. The number of allylic oxidation sites excluding steroid dienone is 3. The van der Waals surface area contributed by atoms with E-state index in [9.17, 15) is 4.79 Å². The van der Waals surface area contributed by atoms with Gasteiger partial charge >= 0.3 is 0 Å². The van der Waals surface area contributed by atoms with E-state index < -0.39 is 0 Å². The molecule has 2 rings (SSSR count). The van der Waals surface area contributed by atoms with Crippen LogP contribution in [0.5, 0.6) is 0 Å². The molecule has 3 heteroatoms. The molecule has 1 N–H and O–H groups in total. The summed E-state index contributed by atoms with van der Waals surface area (Å²) in [5.41, 5.74) is 4.05. The maximum Gasteiger partial charge on any atom is 0.246 e. The summed E-state index contributed by atoms with van der Waals surface area (Å²) in [7, 11) is 1.65. The number of methoxy groups -OCH3 is 1. The van der Waals surface area contributed by atoms with E-state index in [0.29, 0.717) is 19.1 Å². The van der Waals surface area contributed by atoms with E-state index in [-0.39, 0.29) is 5.91 Å². The van der Waals surface area contributed by atoms with Crippen LogP contribution in [0.2, 0.25) is 0 Å². The molecule has 3 nitrogen and oxygen atoms in total. The lowest BCUT2D eigenvalue weighted by Crippen LogP contribution is -2.28. The van der Waals surface area contributed by atoms with Crippen molar-refractivity contribution in [2.75, 3.05) is 20.3 Å². The van der Waals surface area contributed by atoms with Crippen LogP contribution in [0.1, 0.15) is 46.5 Å². The predicted molar refractivity (Wildman–Crippen MR) is 86.0 cm³/mol. The fourth-order valence-corrected chi connectivity index (χ4v) is 3.93. The molecule has 0 aromatic carbocycles. The highest BCUT2D eigenvalue weighted by molar-refractivity contribution is 5.92. The highest BCUT2D eigenvalue weighted by Crippen LogP contribution is 2.48. The molecule has 3 atom stereocenters. The molecule has 1 amide bonds. The van der Waals surface area contributed by atoms with Crippen LogP contribution in [0.4, 0.5) is 0 Å². The van der Waals surface area contributed by atoms with E-state index in [2.05, 4.69) is 25.2 Å². The van der Waals surface area contributed by atoms with Gasteiger partial charge in [-0.15, -0.1) is 0 Å². The second kappa shape index (κ2) is 7.26. The number of nitrogens with one attached hydrogen (secondary N) is 1. The fraction of sp³-hybridized carbons (Fsp3) is 0.722. The summed E-state index contributed by atoms with van der Waals surface area (Å²) in [6, 6.07) is 0. The number of rotatable bonds is 5. The Balaban J connectivity index is 2.05. The number of hydrogen-bond donors (Lipinski definition) is 1. The van der Waals surface area contributed by atoms with Crippen LogP contribution >= 0.6 is 0 Å². The molecule has 2 aliphatic carbocycles. The lowest BCUT2D eigenvalue weighted by Gasteiger charge is -2.34. The number of ether oxygens (including phenoxy) is 1. The Morgan fingerprint density at radius 2 is 2.14 bits per heavy atom. The van der Waals surface area contributed by atoms with Crippen molar-refractivity contribution in [1.29, 1.82) is 0 Å². The number of hydrogen-bond acceptors (Lipinski definition) is 2. The highest BCUT2D eigenvalue weighted by Gasteiger charge is 2.35. The lowest BCUT2D eigenvalue weighted by atomic mass is 9.71. The topological polar surface area (TPSA) is 38.3 Å². The number of carbonyl (C=O) groups excluding carboxylic acids is 1. The van der Waals surface area contributed by atoms with Crippen LogP contribution in [0.25, 0.3) is 0 Å². The Morgan fingerprint density at radius 3 is 2.86 bits per heavy atom. The van der Waals surface area contributed by atoms with Gasteiger partial charge in [-0.25, -0.2) is 0 Å². The monoisotopic (exact) mass is 291 g/mol. The predicted octanol–water partition coefficient (Wildman–Crippen LogP) is 3.47. The van der Waals surface area contributed by atoms with Crippen molar-refractivity contribution >= 4 is 5.91 Å². The Bertz CT molecular complexity index is 450. The molecule has 1 fully saturated rings. The van der Waals surface area contributed by atoms with Crippen LogP contribution in [-0.4, -0.2) is 26.2 Å². The van der Waals surface area contributed by atoms with E-state index in [0.717, 1.165) is 17.4 Å². The molecule has 21 heavy (non-hydrogen) atoms. The first kappa shape index (κ1) is 16.3. The highest BCUT2D eigenvalue weighted by atomic mass is 16.5. The first-order valence-electron chi connectivity index (χ1n) is 8.19. The lowest BCUT2D eigenvalue weighted by molar-refractivity contribution is -0.117. The smallest absolute Gasteiger partial charge is 0.246 e. The SMILES string of the molecule is COCCNC(=O)/C(C)=C/[C@@H]1CC[C@@H](C)[C@H]2CCC(C)=C12. The van der Waals surface area contributed by atoms with Gasteiger partial charge in [0.25, 0.3) is 0 Å². The van der Waals surface area contributed by atoms with Crippen molar-refractivity contribution < 1.29 is 9.53 Å². The Kier molecular flexibility index (Phi) is 5.63. The molecule has 0 bridgehead atoms. The van der Waals surface area contributed by atoms with E-state index >= 15 is 0 Å². The third kappa shape index (κ3) is 3.76. The Morgan fingerprint density at radius 1 is 1.38 bits per heavy atom. The number of amides is 1. The third-order valence-electron chi connectivity index (χ3n) is 5.14. The van der Waals surface area contributed by atoms with Crippen LogP contribution in [0.3, 0.4) is 0 Å². The molecule has 0 aromatic heterocycles. The second-order valence-electron chi connectivity index (χ2n) is 6.64. The molecule has 118 valence electrons. The van der Waals surface area contributed by atoms with E-state index in [4.69, 9.17) is 4.74 Å². The van der Waals surface area contributed by atoms with Gasteiger partial charge < -0.3 is 10.1 Å². The van der Waals surface area contributed by atoms with Gasteiger partial charge in [-0.05, 0) is 57.3 Å². The molecule has 0 aliphatic heterocycles. The van der Waals surface area contributed by atoms with Gasteiger partial charge in [0, 0.05) is 19.2 Å². The van der Waals surface area contributed by atoms with Gasteiger partial charge in [-0.2, -0.15) is 0 Å².